The van der Waals surface area contributed by atoms with Crippen LogP contribution in [0.1, 0.15) is 30.1 Å². The van der Waals surface area contributed by atoms with E-state index in [0.29, 0.717) is 18.0 Å². The maximum absolute atomic E-state index is 12.7. The topological polar surface area (TPSA) is 80.0 Å². The first-order valence-electron chi connectivity index (χ1n) is 10.6. The molecule has 1 amide bonds. The number of nitrogens with one attached hydrogen (secondary N) is 1. The third kappa shape index (κ3) is 4.11. The number of rotatable bonds is 5. The number of carbonyl (C=O) groups excluding carboxylic acids is 1. The standard InChI is InChI=1S/C26H22N4O2/c31-26(29-32)25(15-19-5-2-1-3-6-19)30-24(13-10-18-8-9-18)22-16-20(11-12-23(22)28-30)21-7-4-14-27-17-21/h1-7,11-12,14,16-18,25,32H,8-9,15H2,(H,29,31). The fourth-order valence-corrected chi connectivity index (χ4v) is 3.77. The van der Waals surface area contributed by atoms with Crippen LogP contribution >= 0.6 is 0 Å². The van der Waals surface area contributed by atoms with Crippen molar-refractivity contribution in [3.05, 3.63) is 84.3 Å². The van der Waals surface area contributed by atoms with Gasteiger partial charge in [-0.05, 0) is 48.1 Å². The van der Waals surface area contributed by atoms with E-state index in [4.69, 9.17) is 5.10 Å². The summed E-state index contributed by atoms with van der Waals surface area (Å²) in [7, 11) is 0. The summed E-state index contributed by atoms with van der Waals surface area (Å²) in [6, 6.07) is 18.8. The molecule has 0 aliphatic heterocycles. The van der Waals surface area contributed by atoms with Crippen molar-refractivity contribution in [3.8, 4) is 23.0 Å². The molecule has 0 radical (unpaired) electrons. The third-order valence-electron chi connectivity index (χ3n) is 5.64. The van der Waals surface area contributed by atoms with Gasteiger partial charge in [0.1, 0.15) is 11.7 Å². The Kier molecular flexibility index (Phi) is 5.40. The SMILES string of the molecule is O=C(NO)C(Cc1ccccc1)n1nc2ccc(-c3cccnc3)cc2c1C#CC1CC1. The number of hydroxylamine groups is 1. The number of hydrogen-bond donors (Lipinski definition) is 2. The Morgan fingerprint density at radius 3 is 2.69 bits per heavy atom. The van der Waals surface area contributed by atoms with Crippen LogP contribution in [0.4, 0.5) is 0 Å². The average Bonchev–Trinajstić information content (AvgIpc) is 3.61. The normalized spacial score (nSPS) is 13.9. The molecular weight excluding hydrogens is 400 g/mol. The average molecular weight is 422 g/mol. The third-order valence-corrected chi connectivity index (χ3v) is 5.64. The Labute approximate surface area is 185 Å². The highest BCUT2D eigenvalue weighted by atomic mass is 16.5. The molecule has 1 atom stereocenters. The summed E-state index contributed by atoms with van der Waals surface area (Å²) in [5.74, 6) is 6.48. The lowest BCUT2D eigenvalue weighted by Crippen LogP contribution is -2.33. The highest BCUT2D eigenvalue weighted by Crippen LogP contribution is 2.30. The van der Waals surface area contributed by atoms with E-state index in [2.05, 4.69) is 16.8 Å². The summed E-state index contributed by atoms with van der Waals surface area (Å²) in [5, 5.41) is 15.1. The molecule has 5 rings (SSSR count). The zero-order valence-electron chi connectivity index (χ0n) is 17.4. The van der Waals surface area contributed by atoms with Gasteiger partial charge in [-0.1, -0.05) is 48.4 Å². The van der Waals surface area contributed by atoms with Gasteiger partial charge >= 0.3 is 0 Å². The summed E-state index contributed by atoms with van der Waals surface area (Å²) < 4.78 is 1.66. The largest absolute Gasteiger partial charge is 0.289 e. The number of benzene rings is 2. The second-order valence-electron chi connectivity index (χ2n) is 7.99. The van der Waals surface area contributed by atoms with Gasteiger partial charge in [-0.15, -0.1) is 0 Å². The molecule has 0 spiro atoms. The number of carbonyl (C=O) groups is 1. The lowest BCUT2D eigenvalue weighted by molar-refractivity contribution is -0.132. The van der Waals surface area contributed by atoms with Gasteiger partial charge < -0.3 is 0 Å². The van der Waals surface area contributed by atoms with E-state index in [0.717, 1.165) is 40.4 Å². The van der Waals surface area contributed by atoms with Crippen LogP contribution in [0, 0.1) is 17.8 Å². The highest BCUT2D eigenvalue weighted by molar-refractivity contribution is 5.90. The number of aromatic nitrogens is 3. The van der Waals surface area contributed by atoms with Crippen LogP contribution < -0.4 is 5.48 Å². The highest BCUT2D eigenvalue weighted by Gasteiger charge is 2.26. The Morgan fingerprint density at radius 1 is 1.12 bits per heavy atom. The number of pyridine rings is 1. The first-order valence-corrected chi connectivity index (χ1v) is 10.6. The maximum atomic E-state index is 12.7. The van der Waals surface area contributed by atoms with E-state index in [1.807, 2.05) is 72.3 Å². The molecule has 32 heavy (non-hydrogen) atoms. The summed E-state index contributed by atoms with van der Waals surface area (Å²) in [6.45, 7) is 0. The van der Waals surface area contributed by atoms with Gasteiger partial charge in [-0.3, -0.25) is 15.0 Å². The van der Waals surface area contributed by atoms with Gasteiger partial charge in [-0.2, -0.15) is 5.10 Å². The van der Waals surface area contributed by atoms with Crippen LogP contribution in [0.25, 0.3) is 22.0 Å². The van der Waals surface area contributed by atoms with Gasteiger partial charge in [-0.25, -0.2) is 10.2 Å². The molecule has 2 aromatic carbocycles. The van der Waals surface area contributed by atoms with Crippen molar-refractivity contribution < 1.29 is 10.0 Å². The van der Waals surface area contributed by atoms with E-state index in [1.165, 1.54) is 0 Å². The van der Waals surface area contributed by atoms with Gasteiger partial charge in [0.15, 0.2) is 0 Å². The van der Waals surface area contributed by atoms with Crippen molar-refractivity contribution in [3.63, 3.8) is 0 Å². The minimum atomic E-state index is -0.736. The van der Waals surface area contributed by atoms with Crippen molar-refractivity contribution in [1.29, 1.82) is 0 Å². The van der Waals surface area contributed by atoms with E-state index < -0.39 is 11.9 Å². The number of hydrogen-bond acceptors (Lipinski definition) is 4. The van der Waals surface area contributed by atoms with E-state index in [-0.39, 0.29) is 0 Å². The molecule has 4 aromatic rings. The summed E-state index contributed by atoms with van der Waals surface area (Å²) >= 11 is 0. The quantitative estimate of drug-likeness (QED) is 0.288. The molecule has 158 valence electrons. The van der Waals surface area contributed by atoms with Crippen LogP contribution in [0.3, 0.4) is 0 Å². The molecule has 1 aliphatic rings. The van der Waals surface area contributed by atoms with Gasteiger partial charge in [0.2, 0.25) is 0 Å². The molecule has 1 fully saturated rings. The maximum Gasteiger partial charge on any atom is 0.268 e. The molecule has 2 N–H and O–H groups in total. The van der Waals surface area contributed by atoms with Crippen LogP contribution in [-0.4, -0.2) is 25.9 Å². The van der Waals surface area contributed by atoms with Gasteiger partial charge in [0.25, 0.3) is 5.91 Å². The molecular formula is C26H22N4O2. The predicted molar refractivity (Wildman–Crippen MR) is 122 cm³/mol. The molecule has 0 bridgehead atoms. The molecule has 6 nitrogen and oxygen atoms in total. The number of amides is 1. The van der Waals surface area contributed by atoms with Gasteiger partial charge in [0, 0.05) is 35.7 Å². The Bertz CT molecular complexity index is 1320. The van der Waals surface area contributed by atoms with Crippen LogP contribution in [-0.2, 0) is 11.2 Å². The first-order chi connectivity index (χ1) is 15.7. The first kappa shape index (κ1) is 20.0. The second kappa shape index (κ2) is 8.66. The minimum absolute atomic E-state index is 0.384. The number of nitrogens with zero attached hydrogens (tertiary/aromatic N) is 3. The second-order valence-corrected chi connectivity index (χ2v) is 7.99. The monoisotopic (exact) mass is 422 g/mol. The zero-order chi connectivity index (χ0) is 21.9. The lowest BCUT2D eigenvalue weighted by atomic mass is 10.0. The Balaban J connectivity index is 1.65. The predicted octanol–water partition coefficient (Wildman–Crippen LogP) is 4.15. The number of fused-ring (bicyclic) bond motifs is 1. The molecule has 2 heterocycles. The lowest BCUT2D eigenvalue weighted by Gasteiger charge is -2.17. The summed E-state index contributed by atoms with van der Waals surface area (Å²) in [4.78, 5) is 16.9. The van der Waals surface area contributed by atoms with Crippen molar-refractivity contribution in [2.45, 2.75) is 25.3 Å². The van der Waals surface area contributed by atoms with Gasteiger partial charge in [0.05, 0.1) is 5.52 Å². The van der Waals surface area contributed by atoms with E-state index >= 15 is 0 Å². The molecule has 6 heteroatoms. The van der Waals surface area contributed by atoms with E-state index in [9.17, 15) is 10.0 Å². The van der Waals surface area contributed by atoms with Crippen molar-refractivity contribution in [2.24, 2.45) is 5.92 Å². The Hall–Kier alpha value is -3.95. The van der Waals surface area contributed by atoms with Crippen molar-refractivity contribution in [2.75, 3.05) is 0 Å². The zero-order valence-corrected chi connectivity index (χ0v) is 17.4. The van der Waals surface area contributed by atoms with Crippen molar-refractivity contribution >= 4 is 16.8 Å². The molecule has 1 unspecified atom stereocenters. The van der Waals surface area contributed by atoms with Crippen molar-refractivity contribution in [1.82, 2.24) is 20.2 Å². The summed E-state index contributed by atoms with van der Waals surface area (Å²) in [5.41, 5.74) is 6.22. The Morgan fingerprint density at radius 2 is 1.97 bits per heavy atom. The minimum Gasteiger partial charge on any atom is -0.289 e. The molecule has 1 aliphatic carbocycles. The summed E-state index contributed by atoms with van der Waals surface area (Å²) in [6.07, 6.45) is 6.15. The van der Waals surface area contributed by atoms with Crippen LogP contribution in [0.2, 0.25) is 0 Å². The fraction of sp³-hybridized carbons (Fsp3) is 0.192. The fourth-order valence-electron chi connectivity index (χ4n) is 3.77. The smallest absolute Gasteiger partial charge is 0.268 e. The molecule has 0 saturated heterocycles. The van der Waals surface area contributed by atoms with Crippen LogP contribution in [0.15, 0.2) is 73.1 Å². The van der Waals surface area contributed by atoms with E-state index in [1.54, 1.807) is 10.9 Å². The molecule has 2 aromatic heterocycles. The van der Waals surface area contributed by atoms with Crippen LogP contribution in [0.5, 0.6) is 0 Å². The molecule has 1 saturated carbocycles.